The monoisotopic (exact) mass is 332 g/mol. The van der Waals surface area contributed by atoms with Gasteiger partial charge in [0.15, 0.2) is 0 Å². The zero-order valence-corrected chi connectivity index (χ0v) is 14.7. The van der Waals surface area contributed by atoms with E-state index in [9.17, 15) is 14.7 Å². The quantitative estimate of drug-likeness (QED) is 0.766. The van der Waals surface area contributed by atoms with Gasteiger partial charge in [0.2, 0.25) is 0 Å². The lowest BCUT2D eigenvalue weighted by molar-refractivity contribution is -0.123. The molecule has 24 heavy (non-hydrogen) atoms. The second kappa shape index (κ2) is 5.48. The normalized spacial score (nSPS) is 35.2. The summed E-state index contributed by atoms with van der Waals surface area (Å²) >= 11 is 0. The van der Waals surface area contributed by atoms with Crippen molar-refractivity contribution in [3.8, 4) is 0 Å². The Morgan fingerprint density at radius 3 is 2.79 bits per heavy atom. The van der Waals surface area contributed by atoms with Crippen LogP contribution in [0.25, 0.3) is 0 Å². The van der Waals surface area contributed by atoms with Crippen molar-refractivity contribution in [3.05, 3.63) is 34.6 Å². The van der Waals surface area contributed by atoms with Crippen molar-refractivity contribution in [2.24, 2.45) is 11.3 Å². The Kier molecular flexibility index (Phi) is 3.83. The number of nitrogens with one attached hydrogen (secondary N) is 1. The van der Waals surface area contributed by atoms with E-state index >= 15 is 0 Å². The van der Waals surface area contributed by atoms with Gasteiger partial charge in [-0.3, -0.25) is 4.79 Å². The number of amides is 2. The number of rotatable bonds is 1. The minimum Gasteiger partial charge on any atom is -0.443 e. The number of fused-ring (bicyclic) bond motifs is 2. The van der Waals surface area contributed by atoms with Gasteiger partial charge < -0.3 is 20.1 Å². The zero-order chi connectivity index (χ0) is 17.8. The number of likely N-dealkylation sites (N-methyl/N-ethyl adjacent to an activating group) is 1. The third-order valence-corrected chi connectivity index (χ3v) is 5.88. The molecule has 4 atom stereocenters. The first kappa shape index (κ1) is 16.8. The maximum atomic E-state index is 12.3. The molecule has 6 heteroatoms. The second-order valence-electron chi connectivity index (χ2n) is 7.11. The zero-order valence-electron chi connectivity index (χ0n) is 14.7. The minimum absolute atomic E-state index is 0.0189. The summed E-state index contributed by atoms with van der Waals surface area (Å²) in [5.41, 5.74) is 3.41. The molecular weight excluding hydrogens is 308 g/mol. The number of carbonyl (C=O) groups is 2. The summed E-state index contributed by atoms with van der Waals surface area (Å²) < 4.78 is 5.40. The number of hydrogen-bond donors (Lipinski definition) is 2. The topological polar surface area (TPSA) is 78.9 Å². The Balaban J connectivity index is 2.04. The van der Waals surface area contributed by atoms with E-state index in [1.807, 2.05) is 19.9 Å². The molecule has 0 saturated heterocycles. The Bertz CT molecular complexity index is 706. The van der Waals surface area contributed by atoms with Gasteiger partial charge in [-0.15, -0.1) is 0 Å². The van der Waals surface area contributed by atoms with Gasteiger partial charge in [0.1, 0.15) is 12.2 Å². The molecule has 0 bridgehead atoms. The summed E-state index contributed by atoms with van der Waals surface area (Å²) in [7, 11) is 3.27. The van der Waals surface area contributed by atoms with Crippen molar-refractivity contribution < 1.29 is 19.4 Å². The summed E-state index contributed by atoms with van der Waals surface area (Å²) in [5.74, 6) is -0.0747. The van der Waals surface area contributed by atoms with Crippen molar-refractivity contribution in [1.29, 1.82) is 0 Å². The van der Waals surface area contributed by atoms with Crippen LogP contribution in [0.4, 0.5) is 4.79 Å². The largest absolute Gasteiger partial charge is 0.443 e. The molecule has 0 spiro atoms. The Hall–Kier alpha value is -2.08. The van der Waals surface area contributed by atoms with E-state index < -0.39 is 18.3 Å². The van der Waals surface area contributed by atoms with Gasteiger partial charge in [-0.05, 0) is 36.6 Å². The molecule has 0 saturated carbocycles. The van der Waals surface area contributed by atoms with E-state index in [0.717, 1.165) is 22.4 Å². The standard InChI is InChI=1S/C18H24N2O4/c1-9-12-8-18(3)10(2)15(24-17(23)19-4)14(21)7-11(18)6-13(12)20(5)16(9)22/h6-7,10,14-15,21H,8H2,1-5H3,(H,19,23)/t10-,14+,15+,18-/m0/s1. The highest BCUT2D eigenvalue weighted by Crippen LogP contribution is 2.54. The van der Waals surface area contributed by atoms with Crippen LogP contribution in [0.2, 0.25) is 0 Å². The minimum atomic E-state index is -0.869. The fraction of sp³-hybridized carbons (Fsp3) is 0.556. The maximum Gasteiger partial charge on any atom is 0.407 e. The van der Waals surface area contributed by atoms with Crippen LogP contribution < -0.4 is 5.32 Å². The number of aliphatic hydroxyl groups is 1. The van der Waals surface area contributed by atoms with Gasteiger partial charge in [0.05, 0.1) is 0 Å². The molecule has 0 fully saturated rings. The summed E-state index contributed by atoms with van der Waals surface area (Å²) in [6.07, 6.45) is 2.39. The molecule has 0 aromatic rings. The van der Waals surface area contributed by atoms with Gasteiger partial charge in [-0.2, -0.15) is 0 Å². The third-order valence-electron chi connectivity index (χ3n) is 5.88. The van der Waals surface area contributed by atoms with Crippen LogP contribution in [0.1, 0.15) is 27.2 Å². The van der Waals surface area contributed by atoms with Gasteiger partial charge in [0, 0.05) is 36.7 Å². The molecule has 0 aromatic carbocycles. The number of aliphatic hydroxyl groups excluding tert-OH is 1. The Morgan fingerprint density at radius 2 is 2.17 bits per heavy atom. The van der Waals surface area contributed by atoms with Crippen molar-refractivity contribution in [2.75, 3.05) is 14.1 Å². The molecule has 130 valence electrons. The second-order valence-corrected chi connectivity index (χ2v) is 7.11. The molecule has 6 nitrogen and oxygen atoms in total. The number of nitrogens with zero attached hydrogens (tertiary/aromatic N) is 1. The van der Waals surface area contributed by atoms with Crippen LogP contribution in [0, 0.1) is 11.3 Å². The highest BCUT2D eigenvalue weighted by Gasteiger charge is 2.50. The molecule has 2 aliphatic carbocycles. The van der Waals surface area contributed by atoms with Crippen molar-refractivity contribution >= 4 is 12.0 Å². The first-order valence-corrected chi connectivity index (χ1v) is 8.19. The van der Waals surface area contributed by atoms with Crippen LogP contribution in [0.3, 0.4) is 0 Å². The first-order chi connectivity index (χ1) is 11.2. The van der Waals surface area contributed by atoms with Crippen LogP contribution in [-0.2, 0) is 9.53 Å². The van der Waals surface area contributed by atoms with Crippen molar-refractivity contribution in [1.82, 2.24) is 10.2 Å². The van der Waals surface area contributed by atoms with Crippen LogP contribution in [0.5, 0.6) is 0 Å². The molecule has 2 N–H and O–H groups in total. The number of carbonyl (C=O) groups excluding carboxylic acids is 2. The summed E-state index contributed by atoms with van der Waals surface area (Å²) in [4.78, 5) is 25.5. The number of allylic oxidation sites excluding steroid dienone is 3. The summed E-state index contributed by atoms with van der Waals surface area (Å²) in [6.45, 7) is 5.94. The van der Waals surface area contributed by atoms with Crippen molar-refractivity contribution in [2.45, 2.75) is 39.4 Å². The van der Waals surface area contributed by atoms with E-state index in [-0.39, 0.29) is 17.2 Å². The molecule has 3 aliphatic rings. The molecule has 0 unspecified atom stereocenters. The van der Waals surface area contributed by atoms with Gasteiger partial charge in [-0.25, -0.2) is 4.79 Å². The average molecular weight is 332 g/mol. The van der Waals surface area contributed by atoms with Gasteiger partial charge in [0.25, 0.3) is 5.91 Å². The highest BCUT2D eigenvalue weighted by atomic mass is 16.6. The lowest BCUT2D eigenvalue weighted by atomic mass is 9.59. The molecular formula is C18H24N2O4. The van der Waals surface area contributed by atoms with Gasteiger partial charge in [-0.1, -0.05) is 13.8 Å². The molecule has 3 rings (SSSR count). The number of ether oxygens (including phenoxy) is 1. The average Bonchev–Trinajstić information content (AvgIpc) is 2.75. The van der Waals surface area contributed by atoms with Gasteiger partial charge >= 0.3 is 6.09 Å². The molecule has 0 aromatic heterocycles. The predicted molar refractivity (Wildman–Crippen MR) is 88.9 cm³/mol. The fourth-order valence-corrected chi connectivity index (χ4v) is 4.03. The van der Waals surface area contributed by atoms with Crippen LogP contribution >= 0.6 is 0 Å². The first-order valence-electron chi connectivity index (χ1n) is 8.19. The number of alkyl carbamates (subject to hydrolysis) is 1. The SMILES string of the molecule is CNC(=O)O[C@H]1[C@H](O)C=C2C=C3C(=C(C)C(=O)N3C)C[C@@]2(C)[C@H]1C. The van der Waals surface area contributed by atoms with E-state index in [0.29, 0.717) is 6.42 Å². The van der Waals surface area contributed by atoms with Crippen LogP contribution in [0.15, 0.2) is 34.6 Å². The molecule has 1 aliphatic heterocycles. The molecule has 2 amide bonds. The predicted octanol–water partition coefficient (Wildman–Crippen LogP) is 1.73. The third kappa shape index (κ3) is 2.20. The smallest absolute Gasteiger partial charge is 0.407 e. The van der Waals surface area contributed by atoms with E-state index in [1.165, 1.54) is 7.05 Å². The highest BCUT2D eigenvalue weighted by molar-refractivity contribution is 6.00. The van der Waals surface area contributed by atoms with E-state index in [1.54, 1.807) is 18.0 Å². The lowest BCUT2D eigenvalue weighted by Crippen LogP contribution is -2.49. The van der Waals surface area contributed by atoms with Crippen molar-refractivity contribution in [3.63, 3.8) is 0 Å². The van der Waals surface area contributed by atoms with E-state index in [2.05, 4.69) is 12.2 Å². The Labute approximate surface area is 141 Å². The fourth-order valence-electron chi connectivity index (χ4n) is 4.03. The maximum absolute atomic E-state index is 12.3. The van der Waals surface area contributed by atoms with E-state index in [4.69, 9.17) is 4.74 Å². The summed E-state index contributed by atoms with van der Waals surface area (Å²) in [5, 5.41) is 12.9. The molecule has 0 radical (unpaired) electrons. The molecule has 1 heterocycles. The Morgan fingerprint density at radius 1 is 1.50 bits per heavy atom. The lowest BCUT2D eigenvalue weighted by Gasteiger charge is -2.48. The number of hydrogen-bond acceptors (Lipinski definition) is 4. The summed E-state index contributed by atoms with van der Waals surface area (Å²) in [6, 6.07) is 0. The van der Waals surface area contributed by atoms with Crippen LogP contribution in [-0.4, -0.2) is 48.3 Å².